The average Bonchev–Trinajstić information content (AvgIpc) is 2.55. The fourth-order valence-corrected chi connectivity index (χ4v) is 2.60. The Hall–Kier alpha value is -2.35. The molecule has 0 saturated heterocycles. The minimum Gasteiger partial charge on any atom is -0.324 e. The number of halogens is 1. The predicted molar refractivity (Wildman–Crippen MR) is 92.3 cm³/mol. The van der Waals surface area contributed by atoms with E-state index >= 15 is 0 Å². The maximum atomic E-state index is 12.3. The molecule has 0 aromatic heterocycles. The van der Waals surface area contributed by atoms with Crippen molar-refractivity contribution in [1.29, 1.82) is 5.26 Å². The van der Waals surface area contributed by atoms with Gasteiger partial charge in [-0.25, -0.2) is 0 Å². The molecule has 2 unspecified atom stereocenters. The first kappa shape index (κ1) is 17.0. The van der Waals surface area contributed by atoms with Gasteiger partial charge >= 0.3 is 0 Å². The highest BCUT2D eigenvalue weighted by Crippen LogP contribution is 2.22. The van der Waals surface area contributed by atoms with E-state index in [0.717, 1.165) is 5.56 Å². The molecule has 0 heterocycles. The zero-order valence-electron chi connectivity index (χ0n) is 13.0. The molecule has 0 spiro atoms. The summed E-state index contributed by atoms with van der Waals surface area (Å²) in [7, 11) is 0. The van der Waals surface area contributed by atoms with Gasteiger partial charge < -0.3 is 5.32 Å². The van der Waals surface area contributed by atoms with Crippen molar-refractivity contribution in [3.8, 4) is 6.07 Å². The number of carbonyl (C=O) groups is 1. The number of benzene rings is 2. The van der Waals surface area contributed by atoms with E-state index in [1.807, 2.05) is 31.2 Å². The first-order valence-electron chi connectivity index (χ1n) is 7.33. The van der Waals surface area contributed by atoms with Crippen LogP contribution in [0.1, 0.15) is 31.0 Å². The maximum absolute atomic E-state index is 12.3. The number of nitrogens with zero attached hydrogens (tertiary/aromatic N) is 1. The van der Waals surface area contributed by atoms with E-state index in [0.29, 0.717) is 16.3 Å². The van der Waals surface area contributed by atoms with Crippen molar-refractivity contribution < 1.29 is 4.79 Å². The number of hydrogen-bond acceptors (Lipinski definition) is 3. The van der Waals surface area contributed by atoms with Crippen molar-refractivity contribution >= 4 is 23.2 Å². The van der Waals surface area contributed by atoms with Crippen molar-refractivity contribution in [2.45, 2.75) is 25.9 Å². The molecule has 0 fully saturated rings. The summed E-state index contributed by atoms with van der Waals surface area (Å²) in [6, 6.07) is 16.0. The van der Waals surface area contributed by atoms with Crippen molar-refractivity contribution in [2.75, 3.05) is 5.32 Å². The molecule has 1 amide bonds. The molecule has 2 aromatic rings. The highest BCUT2D eigenvalue weighted by Gasteiger charge is 2.18. The molecule has 2 rings (SSSR count). The number of hydrogen-bond donors (Lipinski definition) is 2. The molecule has 4 nitrogen and oxygen atoms in total. The molecule has 0 radical (unpaired) electrons. The van der Waals surface area contributed by atoms with Gasteiger partial charge in [-0.15, -0.1) is 0 Å². The van der Waals surface area contributed by atoms with Crippen LogP contribution in [0.15, 0.2) is 48.5 Å². The highest BCUT2D eigenvalue weighted by atomic mass is 35.5. The van der Waals surface area contributed by atoms with Crippen LogP contribution in [0.25, 0.3) is 0 Å². The van der Waals surface area contributed by atoms with Crippen molar-refractivity contribution in [3.63, 3.8) is 0 Å². The molecule has 2 atom stereocenters. The predicted octanol–water partition coefficient (Wildman–Crippen LogP) is 3.89. The van der Waals surface area contributed by atoms with Crippen molar-refractivity contribution in [3.05, 3.63) is 64.7 Å². The Kier molecular flexibility index (Phi) is 5.75. The summed E-state index contributed by atoms with van der Waals surface area (Å²) in [4.78, 5) is 12.3. The number of carbonyl (C=O) groups excluding carboxylic acids is 1. The van der Waals surface area contributed by atoms with Crippen LogP contribution in [0, 0.1) is 11.3 Å². The van der Waals surface area contributed by atoms with Gasteiger partial charge in [0.25, 0.3) is 0 Å². The molecule has 0 aliphatic rings. The normalized spacial score (nSPS) is 13.0. The van der Waals surface area contributed by atoms with E-state index in [9.17, 15) is 4.79 Å². The summed E-state index contributed by atoms with van der Waals surface area (Å²) < 4.78 is 0. The Labute approximate surface area is 141 Å². The summed E-state index contributed by atoms with van der Waals surface area (Å²) in [5, 5.41) is 15.7. The van der Waals surface area contributed by atoms with Gasteiger partial charge in [0.2, 0.25) is 5.91 Å². The first-order valence-corrected chi connectivity index (χ1v) is 7.71. The van der Waals surface area contributed by atoms with Gasteiger partial charge in [0.05, 0.1) is 17.3 Å². The largest absolute Gasteiger partial charge is 0.324 e. The third-order valence-electron chi connectivity index (χ3n) is 3.57. The Bertz CT molecular complexity index is 739. The highest BCUT2D eigenvalue weighted by molar-refractivity contribution is 6.31. The molecular weight excluding hydrogens is 310 g/mol. The van der Waals surface area contributed by atoms with E-state index in [-0.39, 0.29) is 11.9 Å². The molecular formula is C18H18ClN3O. The number of para-hydroxylation sites is 1. The fraction of sp³-hybridized carbons (Fsp3) is 0.222. The standard InChI is InChI=1S/C18H18ClN3O/c1-12(15-8-4-5-9-16(15)19)21-13(2)18(23)22-17-10-6-3-7-14(17)11-20/h3-10,12-13,21H,1-2H3,(H,22,23). The molecule has 2 aromatic carbocycles. The molecule has 0 bridgehead atoms. The SMILES string of the molecule is CC(NC(C)c1ccccc1Cl)C(=O)Nc1ccccc1C#N. The fourth-order valence-electron chi connectivity index (χ4n) is 2.30. The van der Waals surface area contributed by atoms with Crippen molar-refractivity contribution in [2.24, 2.45) is 0 Å². The molecule has 118 valence electrons. The third kappa shape index (κ3) is 4.32. The third-order valence-corrected chi connectivity index (χ3v) is 3.91. The monoisotopic (exact) mass is 327 g/mol. The average molecular weight is 328 g/mol. The Morgan fingerprint density at radius 1 is 1.13 bits per heavy atom. The Balaban J connectivity index is 2.03. The second kappa shape index (κ2) is 7.77. The molecule has 0 aliphatic carbocycles. The lowest BCUT2D eigenvalue weighted by Gasteiger charge is -2.21. The van der Waals surface area contributed by atoms with Crippen LogP contribution < -0.4 is 10.6 Å². The van der Waals surface area contributed by atoms with Gasteiger partial charge in [-0.1, -0.05) is 41.9 Å². The first-order chi connectivity index (χ1) is 11.0. The van der Waals surface area contributed by atoms with Crippen molar-refractivity contribution in [1.82, 2.24) is 5.32 Å². The Morgan fingerprint density at radius 3 is 2.48 bits per heavy atom. The summed E-state index contributed by atoms with van der Waals surface area (Å²) in [6.07, 6.45) is 0. The molecule has 0 aliphatic heterocycles. The minimum atomic E-state index is -0.437. The van der Waals surface area contributed by atoms with Gasteiger partial charge in [0.15, 0.2) is 0 Å². The molecule has 5 heteroatoms. The van der Waals surface area contributed by atoms with Crippen LogP contribution in [0.3, 0.4) is 0 Å². The van der Waals surface area contributed by atoms with E-state index in [1.54, 1.807) is 31.2 Å². The topological polar surface area (TPSA) is 64.9 Å². The molecule has 0 saturated carbocycles. The lowest BCUT2D eigenvalue weighted by atomic mass is 10.1. The van der Waals surface area contributed by atoms with E-state index < -0.39 is 6.04 Å². The molecule has 2 N–H and O–H groups in total. The quantitative estimate of drug-likeness (QED) is 0.875. The van der Waals surface area contributed by atoms with Gasteiger partial charge in [-0.05, 0) is 37.6 Å². The Morgan fingerprint density at radius 2 is 1.78 bits per heavy atom. The summed E-state index contributed by atoms with van der Waals surface area (Å²) in [5.41, 5.74) is 1.89. The van der Waals surface area contributed by atoms with Gasteiger partial charge in [-0.2, -0.15) is 5.26 Å². The number of nitriles is 1. The lowest BCUT2D eigenvalue weighted by molar-refractivity contribution is -0.117. The summed E-state index contributed by atoms with van der Waals surface area (Å²) >= 11 is 6.17. The summed E-state index contributed by atoms with van der Waals surface area (Å²) in [5.74, 6) is -0.202. The minimum absolute atomic E-state index is 0.0735. The van der Waals surface area contributed by atoms with E-state index in [2.05, 4.69) is 16.7 Å². The van der Waals surface area contributed by atoms with Crippen LogP contribution in [0.5, 0.6) is 0 Å². The number of anilines is 1. The number of rotatable bonds is 5. The van der Waals surface area contributed by atoms with Crippen LogP contribution in [0.2, 0.25) is 5.02 Å². The van der Waals surface area contributed by atoms with Crippen LogP contribution >= 0.6 is 11.6 Å². The second-order valence-electron chi connectivity index (χ2n) is 5.28. The van der Waals surface area contributed by atoms with Crippen LogP contribution in [-0.4, -0.2) is 11.9 Å². The van der Waals surface area contributed by atoms with Crippen LogP contribution in [-0.2, 0) is 4.79 Å². The van der Waals surface area contributed by atoms with Gasteiger partial charge in [0, 0.05) is 11.1 Å². The molecule has 23 heavy (non-hydrogen) atoms. The zero-order valence-corrected chi connectivity index (χ0v) is 13.8. The number of nitrogens with one attached hydrogen (secondary N) is 2. The second-order valence-corrected chi connectivity index (χ2v) is 5.69. The van der Waals surface area contributed by atoms with E-state index in [1.165, 1.54) is 0 Å². The van der Waals surface area contributed by atoms with Crippen LogP contribution in [0.4, 0.5) is 5.69 Å². The smallest absolute Gasteiger partial charge is 0.241 e. The zero-order chi connectivity index (χ0) is 16.8. The number of amides is 1. The van der Waals surface area contributed by atoms with E-state index in [4.69, 9.17) is 16.9 Å². The maximum Gasteiger partial charge on any atom is 0.241 e. The van der Waals surface area contributed by atoms with Gasteiger partial charge in [-0.3, -0.25) is 10.1 Å². The summed E-state index contributed by atoms with van der Waals surface area (Å²) in [6.45, 7) is 3.73. The lowest BCUT2D eigenvalue weighted by Crippen LogP contribution is -2.39. The van der Waals surface area contributed by atoms with Gasteiger partial charge in [0.1, 0.15) is 6.07 Å².